The van der Waals surface area contributed by atoms with Gasteiger partial charge in [0, 0.05) is 18.1 Å². The Morgan fingerprint density at radius 3 is 2.71 bits per heavy atom. The van der Waals surface area contributed by atoms with Gasteiger partial charge < -0.3 is 11.1 Å². The van der Waals surface area contributed by atoms with Crippen molar-refractivity contribution in [1.82, 2.24) is 10.2 Å². The van der Waals surface area contributed by atoms with Crippen LogP contribution < -0.4 is 11.1 Å². The maximum atomic E-state index is 11.4. The summed E-state index contributed by atoms with van der Waals surface area (Å²) in [5.41, 5.74) is 5.74. The van der Waals surface area contributed by atoms with Crippen LogP contribution in [-0.2, 0) is 4.79 Å². The van der Waals surface area contributed by atoms with E-state index in [1.807, 2.05) is 0 Å². The van der Waals surface area contributed by atoms with Crippen LogP contribution in [0.4, 0.5) is 0 Å². The van der Waals surface area contributed by atoms with Gasteiger partial charge in [-0.15, -0.1) is 0 Å². The Bertz CT molecular complexity index is 286. The molecule has 2 fully saturated rings. The van der Waals surface area contributed by atoms with Gasteiger partial charge in [0.25, 0.3) is 0 Å². The van der Waals surface area contributed by atoms with Crippen molar-refractivity contribution in [3.63, 3.8) is 0 Å². The predicted octanol–water partition coefficient (Wildman–Crippen LogP) is 0.857. The molecule has 2 aliphatic rings. The Morgan fingerprint density at radius 1 is 1.53 bits per heavy atom. The quantitative estimate of drug-likeness (QED) is 0.722. The lowest BCUT2D eigenvalue weighted by Crippen LogP contribution is -2.46. The summed E-state index contributed by atoms with van der Waals surface area (Å²) in [5.74, 6) is -0.200. The highest BCUT2D eigenvalue weighted by atomic mass is 16.1. The third-order valence-electron chi connectivity index (χ3n) is 4.12. The van der Waals surface area contributed by atoms with Gasteiger partial charge in [0.15, 0.2) is 0 Å². The fraction of sp³-hybridized carbons (Fsp3) is 0.923. The van der Waals surface area contributed by atoms with Gasteiger partial charge in [-0.25, -0.2) is 0 Å². The smallest absolute Gasteiger partial charge is 0.234 e. The predicted molar refractivity (Wildman–Crippen MR) is 68.6 cm³/mol. The van der Waals surface area contributed by atoms with E-state index in [-0.39, 0.29) is 11.9 Å². The molecule has 0 aromatic rings. The first-order chi connectivity index (χ1) is 7.99. The zero-order valence-corrected chi connectivity index (χ0v) is 11.0. The molecule has 0 radical (unpaired) electrons. The molecular formula is C13H25N3O. The van der Waals surface area contributed by atoms with Crippen LogP contribution in [0.3, 0.4) is 0 Å². The van der Waals surface area contributed by atoms with Gasteiger partial charge in [-0.05, 0) is 52.5 Å². The molecule has 98 valence electrons. The van der Waals surface area contributed by atoms with Gasteiger partial charge in [0.2, 0.25) is 5.91 Å². The lowest BCUT2D eigenvalue weighted by molar-refractivity contribution is -0.120. The number of nitrogens with zero attached hydrogens (tertiary/aromatic N) is 1. The highest BCUT2D eigenvalue weighted by Gasteiger charge is 2.33. The minimum absolute atomic E-state index is 0.140. The summed E-state index contributed by atoms with van der Waals surface area (Å²) in [4.78, 5) is 13.9. The zero-order valence-electron chi connectivity index (χ0n) is 11.0. The topological polar surface area (TPSA) is 58.4 Å². The van der Waals surface area contributed by atoms with Gasteiger partial charge in [-0.2, -0.15) is 0 Å². The zero-order chi connectivity index (χ0) is 12.5. The Labute approximate surface area is 104 Å². The lowest BCUT2D eigenvalue weighted by atomic mass is 10.0. The van der Waals surface area contributed by atoms with Crippen molar-refractivity contribution in [2.45, 2.75) is 63.6 Å². The first-order valence-electron chi connectivity index (χ1n) is 6.79. The fourth-order valence-electron chi connectivity index (χ4n) is 2.70. The van der Waals surface area contributed by atoms with Crippen molar-refractivity contribution in [2.24, 2.45) is 5.73 Å². The number of carbonyl (C=O) groups excluding carboxylic acids is 1. The average Bonchev–Trinajstić information content (AvgIpc) is 2.98. The molecule has 4 nitrogen and oxygen atoms in total. The van der Waals surface area contributed by atoms with E-state index < -0.39 is 0 Å². The second-order valence-corrected chi connectivity index (χ2v) is 6.09. The van der Waals surface area contributed by atoms with E-state index in [1.165, 1.54) is 25.7 Å². The first kappa shape index (κ1) is 12.8. The molecule has 1 aliphatic heterocycles. The SMILES string of the molecule is CC1(C)CCCN1CCC(NC1CC1)C(N)=O. The number of rotatable bonds is 6. The number of nitrogens with two attached hydrogens (primary N) is 1. The van der Waals surface area contributed by atoms with Gasteiger partial charge in [0.05, 0.1) is 6.04 Å². The first-order valence-corrected chi connectivity index (χ1v) is 6.79. The van der Waals surface area contributed by atoms with E-state index in [1.54, 1.807) is 0 Å². The summed E-state index contributed by atoms with van der Waals surface area (Å²) in [6.45, 7) is 6.70. The molecule has 4 heteroatoms. The molecule has 0 spiro atoms. The number of nitrogens with one attached hydrogen (secondary N) is 1. The summed E-state index contributed by atoms with van der Waals surface area (Å²) < 4.78 is 0. The highest BCUT2D eigenvalue weighted by Crippen LogP contribution is 2.28. The molecule has 0 aromatic heterocycles. The van der Waals surface area contributed by atoms with Crippen LogP contribution in [0.5, 0.6) is 0 Å². The van der Waals surface area contributed by atoms with Crippen molar-refractivity contribution >= 4 is 5.91 Å². The number of hydrogen-bond acceptors (Lipinski definition) is 3. The molecule has 1 atom stereocenters. The third kappa shape index (κ3) is 3.42. The van der Waals surface area contributed by atoms with Gasteiger partial charge in [-0.3, -0.25) is 9.69 Å². The van der Waals surface area contributed by atoms with Crippen LogP contribution >= 0.6 is 0 Å². The summed E-state index contributed by atoms with van der Waals surface area (Å²) in [6, 6.07) is 0.401. The highest BCUT2D eigenvalue weighted by molar-refractivity contribution is 5.79. The molecule has 0 bridgehead atoms. The van der Waals surface area contributed by atoms with Crippen LogP contribution in [-0.4, -0.2) is 41.5 Å². The Morgan fingerprint density at radius 2 is 2.24 bits per heavy atom. The molecule has 1 saturated heterocycles. The van der Waals surface area contributed by atoms with Gasteiger partial charge >= 0.3 is 0 Å². The maximum Gasteiger partial charge on any atom is 0.234 e. The number of primary amides is 1. The van der Waals surface area contributed by atoms with E-state index in [0.717, 1.165) is 19.5 Å². The minimum Gasteiger partial charge on any atom is -0.368 e. The lowest BCUT2D eigenvalue weighted by Gasteiger charge is -2.32. The largest absolute Gasteiger partial charge is 0.368 e. The third-order valence-corrected chi connectivity index (χ3v) is 4.12. The fourth-order valence-corrected chi connectivity index (χ4v) is 2.70. The summed E-state index contributed by atoms with van der Waals surface area (Å²) in [5, 5.41) is 3.34. The molecule has 17 heavy (non-hydrogen) atoms. The summed E-state index contributed by atoms with van der Waals surface area (Å²) in [6.07, 6.45) is 5.75. The number of hydrogen-bond donors (Lipinski definition) is 2. The molecular weight excluding hydrogens is 214 g/mol. The minimum atomic E-state index is -0.200. The van der Waals surface area contributed by atoms with Crippen molar-refractivity contribution in [3.05, 3.63) is 0 Å². The van der Waals surface area contributed by atoms with E-state index in [4.69, 9.17) is 5.73 Å². The van der Waals surface area contributed by atoms with Crippen LogP contribution in [0.15, 0.2) is 0 Å². The maximum absolute atomic E-state index is 11.4. The average molecular weight is 239 g/mol. The van der Waals surface area contributed by atoms with Gasteiger partial charge in [-0.1, -0.05) is 0 Å². The Kier molecular flexibility index (Phi) is 3.73. The molecule has 1 aliphatic carbocycles. The molecule has 1 unspecified atom stereocenters. The van der Waals surface area contributed by atoms with Crippen LogP contribution in [0.2, 0.25) is 0 Å². The van der Waals surface area contributed by atoms with Crippen LogP contribution in [0, 0.1) is 0 Å². The normalized spacial score (nSPS) is 26.0. The van der Waals surface area contributed by atoms with E-state index in [9.17, 15) is 4.79 Å². The second kappa shape index (κ2) is 4.94. The molecule has 2 rings (SSSR count). The summed E-state index contributed by atoms with van der Waals surface area (Å²) in [7, 11) is 0. The van der Waals surface area contributed by atoms with Crippen molar-refractivity contribution in [2.75, 3.05) is 13.1 Å². The summed E-state index contributed by atoms with van der Waals surface area (Å²) >= 11 is 0. The monoisotopic (exact) mass is 239 g/mol. The molecule has 0 aromatic carbocycles. The standard InChI is InChI=1S/C13H25N3O/c1-13(2)7-3-8-16(13)9-6-11(12(14)17)15-10-4-5-10/h10-11,15H,3-9H2,1-2H3,(H2,14,17). The van der Waals surface area contributed by atoms with E-state index in [0.29, 0.717) is 11.6 Å². The Hall–Kier alpha value is -0.610. The molecule has 1 saturated carbocycles. The number of carbonyl (C=O) groups is 1. The van der Waals surface area contributed by atoms with Crippen molar-refractivity contribution in [1.29, 1.82) is 0 Å². The Balaban J connectivity index is 1.79. The van der Waals surface area contributed by atoms with E-state index >= 15 is 0 Å². The number of likely N-dealkylation sites (tertiary alicyclic amines) is 1. The van der Waals surface area contributed by atoms with Crippen LogP contribution in [0.1, 0.15) is 46.0 Å². The van der Waals surface area contributed by atoms with Crippen molar-refractivity contribution in [3.8, 4) is 0 Å². The van der Waals surface area contributed by atoms with Gasteiger partial charge in [0.1, 0.15) is 0 Å². The molecule has 1 heterocycles. The molecule has 3 N–H and O–H groups in total. The molecule has 1 amide bonds. The van der Waals surface area contributed by atoms with Crippen molar-refractivity contribution < 1.29 is 4.79 Å². The van der Waals surface area contributed by atoms with E-state index in [2.05, 4.69) is 24.1 Å². The second-order valence-electron chi connectivity index (χ2n) is 6.09. The number of amides is 1. The van der Waals surface area contributed by atoms with Crippen LogP contribution in [0.25, 0.3) is 0 Å².